The van der Waals surface area contributed by atoms with Crippen LogP contribution in [0.2, 0.25) is 0 Å². The molecule has 0 aliphatic heterocycles. The van der Waals surface area contributed by atoms with Gasteiger partial charge < -0.3 is 9.47 Å². The fourth-order valence-electron chi connectivity index (χ4n) is 8.92. The number of hydrogen-bond acceptors (Lipinski definition) is 1. The van der Waals surface area contributed by atoms with Crippen LogP contribution in [0.4, 0.5) is 17.1 Å². The van der Waals surface area contributed by atoms with Gasteiger partial charge >= 0.3 is 0 Å². The summed E-state index contributed by atoms with van der Waals surface area (Å²) in [7, 11) is 0. The molecular formula is C58H40N2. The Hall–Kier alpha value is -7.94. The Morgan fingerprint density at radius 3 is 1.32 bits per heavy atom. The molecule has 10 aromatic carbocycles. The molecule has 1 aromatic heterocycles. The van der Waals surface area contributed by atoms with Gasteiger partial charge in [0, 0.05) is 33.5 Å². The molecule has 11 rings (SSSR count). The third-order valence-corrected chi connectivity index (χ3v) is 11.8. The van der Waals surface area contributed by atoms with Gasteiger partial charge in [-0.25, -0.2) is 0 Å². The molecule has 0 unspecified atom stereocenters. The summed E-state index contributed by atoms with van der Waals surface area (Å²) in [5.74, 6) is 0. The molecule has 0 saturated heterocycles. The van der Waals surface area contributed by atoms with Gasteiger partial charge in [0.15, 0.2) is 0 Å². The fraction of sp³-hybridized carbons (Fsp3) is 0. The number of anilines is 3. The Kier molecular flexibility index (Phi) is 8.87. The lowest BCUT2D eigenvalue weighted by atomic mass is 9.92. The van der Waals surface area contributed by atoms with E-state index < -0.39 is 0 Å². The highest BCUT2D eigenvalue weighted by Gasteiger charge is 2.21. The van der Waals surface area contributed by atoms with Crippen LogP contribution in [0.15, 0.2) is 243 Å². The molecule has 2 nitrogen and oxygen atoms in total. The zero-order chi connectivity index (χ0) is 39.8. The quantitative estimate of drug-likeness (QED) is 0.150. The molecule has 0 bridgehead atoms. The Bertz CT molecular complexity index is 3260. The van der Waals surface area contributed by atoms with Gasteiger partial charge in [0.1, 0.15) is 0 Å². The number of benzene rings is 10. The second-order valence-electron chi connectivity index (χ2n) is 15.3. The van der Waals surface area contributed by atoms with E-state index in [0.717, 1.165) is 22.7 Å². The van der Waals surface area contributed by atoms with Gasteiger partial charge in [0.2, 0.25) is 0 Å². The molecule has 282 valence electrons. The van der Waals surface area contributed by atoms with E-state index in [9.17, 15) is 0 Å². The maximum atomic E-state index is 2.42. The standard InChI is InChI=1S/C58H40N2/c1-4-15-41(16-5-1)43-27-29-44(30-28-43)46-33-37-51(38-34-46)59(50-35-31-45(32-36-50)42-17-6-2-7-18-42)52-23-14-20-48(39-52)57-53-24-11-10-19-47(53)40-56-58(57)54-25-12-13-26-55(54)60(56)49-21-8-3-9-22-49/h1-40H. The van der Waals surface area contributed by atoms with Crippen LogP contribution in [0.5, 0.6) is 0 Å². The molecule has 11 aromatic rings. The second kappa shape index (κ2) is 15.1. The number of aromatic nitrogens is 1. The molecule has 0 aliphatic carbocycles. The van der Waals surface area contributed by atoms with Crippen LogP contribution in [0.1, 0.15) is 0 Å². The smallest absolute Gasteiger partial charge is 0.0553 e. The lowest BCUT2D eigenvalue weighted by Gasteiger charge is -2.27. The minimum Gasteiger partial charge on any atom is -0.310 e. The van der Waals surface area contributed by atoms with Crippen molar-refractivity contribution in [2.45, 2.75) is 0 Å². The number of nitrogens with zero attached hydrogens (tertiary/aromatic N) is 2. The first-order valence-corrected chi connectivity index (χ1v) is 20.6. The molecule has 0 spiro atoms. The highest BCUT2D eigenvalue weighted by atomic mass is 15.1. The summed E-state index contributed by atoms with van der Waals surface area (Å²) in [6.07, 6.45) is 0. The summed E-state index contributed by atoms with van der Waals surface area (Å²) in [6, 6.07) is 87.8. The van der Waals surface area contributed by atoms with Crippen LogP contribution in [0.3, 0.4) is 0 Å². The second-order valence-corrected chi connectivity index (χ2v) is 15.3. The van der Waals surface area contributed by atoms with Gasteiger partial charge in [-0.05, 0) is 116 Å². The van der Waals surface area contributed by atoms with Crippen LogP contribution in [-0.2, 0) is 0 Å². The van der Waals surface area contributed by atoms with Gasteiger partial charge in [-0.15, -0.1) is 0 Å². The number of hydrogen-bond donors (Lipinski definition) is 0. The van der Waals surface area contributed by atoms with E-state index in [4.69, 9.17) is 0 Å². The molecule has 1 heterocycles. The zero-order valence-electron chi connectivity index (χ0n) is 33.0. The lowest BCUT2D eigenvalue weighted by molar-refractivity contribution is 1.18. The van der Waals surface area contributed by atoms with Crippen molar-refractivity contribution in [2.24, 2.45) is 0 Å². The Morgan fingerprint density at radius 2 is 0.733 bits per heavy atom. The highest BCUT2D eigenvalue weighted by Crippen LogP contribution is 2.45. The molecule has 2 heteroatoms. The summed E-state index contributed by atoms with van der Waals surface area (Å²) in [5.41, 5.74) is 16.4. The maximum Gasteiger partial charge on any atom is 0.0553 e. The third-order valence-electron chi connectivity index (χ3n) is 11.8. The first kappa shape index (κ1) is 35.2. The minimum absolute atomic E-state index is 1.09. The van der Waals surface area contributed by atoms with Gasteiger partial charge in [-0.1, -0.05) is 182 Å². The molecule has 0 amide bonds. The average molecular weight is 765 g/mol. The number of fused-ring (bicyclic) bond motifs is 4. The molecule has 0 aliphatic rings. The SMILES string of the molecule is c1ccc(-c2ccc(-c3ccc(N(c4ccc(-c5ccccc5)cc4)c4cccc(-c5c6ccccc6cc6c5c5ccccc5n6-c5ccccc5)c4)cc3)cc2)cc1. The Balaban J connectivity index is 1.07. The van der Waals surface area contributed by atoms with E-state index in [1.54, 1.807) is 0 Å². The first-order valence-electron chi connectivity index (χ1n) is 20.6. The predicted molar refractivity (Wildman–Crippen MR) is 255 cm³/mol. The first-order chi connectivity index (χ1) is 29.8. The summed E-state index contributed by atoms with van der Waals surface area (Å²) in [4.78, 5) is 2.39. The molecule has 0 N–H and O–H groups in total. The molecule has 0 radical (unpaired) electrons. The van der Waals surface area contributed by atoms with Crippen molar-refractivity contribution in [3.05, 3.63) is 243 Å². The summed E-state index contributed by atoms with van der Waals surface area (Å²) in [5, 5.41) is 4.95. The summed E-state index contributed by atoms with van der Waals surface area (Å²) in [6.45, 7) is 0. The van der Waals surface area contributed by atoms with Crippen LogP contribution >= 0.6 is 0 Å². The van der Waals surface area contributed by atoms with E-state index >= 15 is 0 Å². The van der Waals surface area contributed by atoms with Crippen molar-refractivity contribution in [1.82, 2.24) is 4.57 Å². The topological polar surface area (TPSA) is 8.17 Å². The van der Waals surface area contributed by atoms with Crippen molar-refractivity contribution in [3.63, 3.8) is 0 Å². The number of para-hydroxylation sites is 2. The van der Waals surface area contributed by atoms with E-state index in [1.165, 1.54) is 77.1 Å². The van der Waals surface area contributed by atoms with E-state index in [2.05, 4.69) is 252 Å². The highest BCUT2D eigenvalue weighted by molar-refractivity contribution is 6.23. The Morgan fingerprint density at radius 1 is 0.283 bits per heavy atom. The average Bonchev–Trinajstić information content (AvgIpc) is 3.66. The minimum atomic E-state index is 1.09. The lowest BCUT2D eigenvalue weighted by Crippen LogP contribution is -2.10. The zero-order valence-corrected chi connectivity index (χ0v) is 33.0. The Labute approximate surface area is 350 Å². The van der Waals surface area contributed by atoms with Crippen LogP contribution in [0.25, 0.3) is 82.8 Å². The monoisotopic (exact) mass is 764 g/mol. The summed E-state index contributed by atoms with van der Waals surface area (Å²) >= 11 is 0. The van der Waals surface area contributed by atoms with E-state index in [1.807, 2.05) is 0 Å². The summed E-state index contributed by atoms with van der Waals surface area (Å²) < 4.78 is 2.42. The van der Waals surface area contributed by atoms with Crippen molar-refractivity contribution in [1.29, 1.82) is 0 Å². The largest absolute Gasteiger partial charge is 0.310 e. The third kappa shape index (κ3) is 6.32. The fourth-order valence-corrected chi connectivity index (χ4v) is 8.92. The van der Waals surface area contributed by atoms with E-state index in [-0.39, 0.29) is 0 Å². The van der Waals surface area contributed by atoms with Gasteiger partial charge in [0.25, 0.3) is 0 Å². The van der Waals surface area contributed by atoms with Crippen molar-refractivity contribution < 1.29 is 0 Å². The predicted octanol–water partition coefficient (Wildman–Crippen LogP) is 16.1. The molecule has 0 atom stereocenters. The molecule has 0 fully saturated rings. The molecule has 60 heavy (non-hydrogen) atoms. The normalized spacial score (nSPS) is 11.3. The number of rotatable bonds is 8. The van der Waals surface area contributed by atoms with Crippen molar-refractivity contribution >= 4 is 49.6 Å². The van der Waals surface area contributed by atoms with E-state index in [0.29, 0.717) is 0 Å². The van der Waals surface area contributed by atoms with Gasteiger partial charge in [0.05, 0.1) is 11.0 Å². The van der Waals surface area contributed by atoms with Crippen LogP contribution in [0, 0.1) is 0 Å². The van der Waals surface area contributed by atoms with Gasteiger partial charge in [-0.3, -0.25) is 0 Å². The van der Waals surface area contributed by atoms with Crippen molar-refractivity contribution in [3.8, 4) is 50.2 Å². The van der Waals surface area contributed by atoms with Gasteiger partial charge in [-0.2, -0.15) is 0 Å². The van der Waals surface area contributed by atoms with Crippen LogP contribution in [-0.4, -0.2) is 4.57 Å². The molecular weight excluding hydrogens is 725 g/mol. The maximum absolute atomic E-state index is 2.42. The van der Waals surface area contributed by atoms with Crippen LogP contribution < -0.4 is 4.90 Å². The molecule has 0 saturated carbocycles. The van der Waals surface area contributed by atoms with Crippen molar-refractivity contribution in [2.75, 3.05) is 4.90 Å².